The van der Waals surface area contributed by atoms with Crippen molar-refractivity contribution < 1.29 is 14.6 Å². The first-order valence-electron chi connectivity index (χ1n) is 5.63. The Kier molecular flexibility index (Phi) is 4.97. The van der Waals surface area contributed by atoms with Crippen molar-refractivity contribution in [3.05, 3.63) is 29.8 Å². The van der Waals surface area contributed by atoms with Gasteiger partial charge in [0.2, 0.25) is 0 Å². The van der Waals surface area contributed by atoms with E-state index in [1.54, 1.807) is 0 Å². The highest BCUT2D eigenvalue weighted by Crippen LogP contribution is 2.24. The van der Waals surface area contributed by atoms with Crippen LogP contribution in [0, 0.1) is 0 Å². The second-order valence-corrected chi connectivity index (χ2v) is 4.23. The third kappa shape index (κ3) is 3.75. The average Bonchev–Trinajstić information content (AvgIpc) is 2.28. The summed E-state index contributed by atoms with van der Waals surface area (Å²) in [6.45, 7) is 4.29. The zero-order valence-electron chi connectivity index (χ0n) is 10.4. The maximum Gasteiger partial charge on any atom is 0.328 e. The predicted octanol–water partition coefficient (Wildman–Crippen LogP) is 2.32. The van der Waals surface area contributed by atoms with Gasteiger partial charge in [-0.15, -0.1) is 0 Å². The van der Waals surface area contributed by atoms with Gasteiger partial charge in [-0.2, -0.15) is 0 Å². The fourth-order valence-corrected chi connectivity index (χ4v) is 1.66. The van der Waals surface area contributed by atoms with Crippen LogP contribution in [0.4, 0.5) is 5.69 Å². The molecule has 4 heteroatoms. The minimum absolute atomic E-state index is 0.141. The molecule has 1 unspecified atom stereocenters. The van der Waals surface area contributed by atoms with Gasteiger partial charge in [-0.1, -0.05) is 32.0 Å². The van der Waals surface area contributed by atoms with Crippen molar-refractivity contribution in [2.75, 3.05) is 19.0 Å². The molecule has 1 aromatic carbocycles. The Bertz CT molecular complexity index is 377. The van der Waals surface area contributed by atoms with Crippen molar-refractivity contribution in [3.8, 4) is 0 Å². The first-order valence-corrected chi connectivity index (χ1v) is 5.63. The molecule has 1 atom stereocenters. The summed E-state index contributed by atoms with van der Waals surface area (Å²) in [6.07, 6.45) is 0. The number of nitrogens with one attached hydrogen (secondary N) is 1. The third-order valence-corrected chi connectivity index (χ3v) is 2.54. The van der Waals surface area contributed by atoms with E-state index in [1.807, 2.05) is 24.3 Å². The summed E-state index contributed by atoms with van der Waals surface area (Å²) in [5, 5.41) is 12.1. The van der Waals surface area contributed by atoms with Crippen LogP contribution in [-0.4, -0.2) is 30.8 Å². The lowest BCUT2D eigenvalue weighted by molar-refractivity contribution is -0.139. The van der Waals surface area contributed by atoms with Crippen LogP contribution in [0.5, 0.6) is 0 Å². The summed E-state index contributed by atoms with van der Waals surface area (Å²) >= 11 is 0. The van der Waals surface area contributed by atoms with Gasteiger partial charge in [0, 0.05) is 12.8 Å². The number of anilines is 1. The molecule has 4 nitrogen and oxygen atoms in total. The molecule has 0 aromatic heterocycles. The van der Waals surface area contributed by atoms with Crippen molar-refractivity contribution in [2.24, 2.45) is 0 Å². The molecular weight excluding hydrogens is 218 g/mol. The number of aliphatic carboxylic acids is 1. The van der Waals surface area contributed by atoms with Crippen LogP contribution >= 0.6 is 0 Å². The fourth-order valence-electron chi connectivity index (χ4n) is 1.66. The second-order valence-electron chi connectivity index (χ2n) is 4.23. The second kappa shape index (κ2) is 6.25. The molecule has 1 rings (SSSR count). The lowest BCUT2D eigenvalue weighted by Crippen LogP contribution is -2.34. The monoisotopic (exact) mass is 237 g/mol. The Hall–Kier alpha value is -1.55. The van der Waals surface area contributed by atoms with Crippen LogP contribution in [0.25, 0.3) is 0 Å². The summed E-state index contributed by atoms with van der Waals surface area (Å²) in [6, 6.07) is 7.01. The molecule has 0 aliphatic rings. The molecule has 0 aliphatic carbocycles. The van der Waals surface area contributed by atoms with Crippen LogP contribution in [0.15, 0.2) is 24.3 Å². The minimum Gasteiger partial charge on any atom is -0.480 e. The van der Waals surface area contributed by atoms with Crippen molar-refractivity contribution in [1.82, 2.24) is 0 Å². The predicted molar refractivity (Wildman–Crippen MR) is 67.5 cm³/mol. The molecule has 0 saturated heterocycles. The van der Waals surface area contributed by atoms with E-state index in [2.05, 4.69) is 19.2 Å². The topological polar surface area (TPSA) is 58.6 Å². The number of carbonyl (C=O) groups is 1. The molecule has 0 aliphatic heterocycles. The molecule has 0 radical (unpaired) electrons. The van der Waals surface area contributed by atoms with Gasteiger partial charge in [0.1, 0.15) is 6.04 Å². The van der Waals surface area contributed by atoms with E-state index in [0.717, 1.165) is 11.3 Å². The van der Waals surface area contributed by atoms with E-state index in [1.165, 1.54) is 7.11 Å². The number of hydrogen-bond donors (Lipinski definition) is 2. The SMILES string of the molecule is COCC(Nc1ccccc1C(C)C)C(=O)O. The van der Waals surface area contributed by atoms with Gasteiger partial charge in [-0.3, -0.25) is 0 Å². The van der Waals surface area contributed by atoms with Gasteiger partial charge in [-0.05, 0) is 17.5 Å². The molecule has 0 bridgehead atoms. The molecule has 0 heterocycles. The third-order valence-electron chi connectivity index (χ3n) is 2.54. The number of carboxylic acids is 1. The van der Waals surface area contributed by atoms with E-state index in [0.29, 0.717) is 5.92 Å². The van der Waals surface area contributed by atoms with E-state index < -0.39 is 12.0 Å². The standard InChI is InChI=1S/C13H19NO3/c1-9(2)10-6-4-5-7-11(10)14-12(8-17-3)13(15)16/h4-7,9,12,14H,8H2,1-3H3,(H,15,16). The highest BCUT2D eigenvalue weighted by atomic mass is 16.5. The summed E-state index contributed by atoms with van der Waals surface area (Å²) < 4.78 is 4.89. The van der Waals surface area contributed by atoms with Crippen molar-refractivity contribution in [3.63, 3.8) is 0 Å². The maximum absolute atomic E-state index is 11.0. The van der Waals surface area contributed by atoms with Crippen LogP contribution in [0.1, 0.15) is 25.3 Å². The fraction of sp³-hybridized carbons (Fsp3) is 0.462. The van der Waals surface area contributed by atoms with Gasteiger partial charge in [0.15, 0.2) is 0 Å². The number of para-hydroxylation sites is 1. The number of benzene rings is 1. The van der Waals surface area contributed by atoms with Crippen molar-refractivity contribution in [2.45, 2.75) is 25.8 Å². The van der Waals surface area contributed by atoms with Crippen LogP contribution in [0.3, 0.4) is 0 Å². The largest absolute Gasteiger partial charge is 0.480 e. The zero-order chi connectivity index (χ0) is 12.8. The highest BCUT2D eigenvalue weighted by Gasteiger charge is 2.18. The molecule has 17 heavy (non-hydrogen) atoms. The summed E-state index contributed by atoms with van der Waals surface area (Å²) in [4.78, 5) is 11.0. The molecule has 0 spiro atoms. The first kappa shape index (κ1) is 13.5. The van der Waals surface area contributed by atoms with Gasteiger partial charge in [-0.25, -0.2) is 4.79 Å². The van der Waals surface area contributed by atoms with Crippen molar-refractivity contribution in [1.29, 1.82) is 0 Å². The minimum atomic E-state index is -0.912. The van der Waals surface area contributed by atoms with Crippen LogP contribution < -0.4 is 5.32 Å². The quantitative estimate of drug-likeness (QED) is 0.797. The summed E-state index contributed by atoms with van der Waals surface area (Å²) in [5.74, 6) is -0.568. The number of carboxylic acid groups (broad SMARTS) is 1. The lowest BCUT2D eigenvalue weighted by Gasteiger charge is -2.19. The van der Waals surface area contributed by atoms with Gasteiger partial charge < -0.3 is 15.2 Å². The first-order chi connectivity index (χ1) is 8.06. The summed E-state index contributed by atoms with van der Waals surface area (Å²) in [7, 11) is 1.49. The molecule has 94 valence electrons. The number of ether oxygens (including phenoxy) is 1. The number of methoxy groups -OCH3 is 1. The maximum atomic E-state index is 11.0. The van der Waals surface area contributed by atoms with E-state index in [9.17, 15) is 4.79 Å². The Balaban J connectivity index is 2.88. The average molecular weight is 237 g/mol. The molecular formula is C13H19NO3. The molecule has 0 amide bonds. The Morgan fingerprint density at radius 1 is 1.41 bits per heavy atom. The Labute approximate surface area is 102 Å². The molecule has 0 saturated carbocycles. The van der Waals surface area contributed by atoms with E-state index in [4.69, 9.17) is 9.84 Å². The number of hydrogen-bond acceptors (Lipinski definition) is 3. The molecule has 1 aromatic rings. The smallest absolute Gasteiger partial charge is 0.328 e. The highest BCUT2D eigenvalue weighted by molar-refractivity contribution is 5.78. The van der Waals surface area contributed by atoms with Gasteiger partial charge in [0.05, 0.1) is 6.61 Å². The van der Waals surface area contributed by atoms with Gasteiger partial charge in [0.25, 0.3) is 0 Å². The number of rotatable bonds is 6. The normalized spacial score (nSPS) is 12.5. The van der Waals surface area contributed by atoms with Crippen LogP contribution in [0.2, 0.25) is 0 Å². The Morgan fingerprint density at radius 2 is 2.06 bits per heavy atom. The summed E-state index contributed by atoms with van der Waals surface area (Å²) in [5.41, 5.74) is 1.96. The van der Waals surface area contributed by atoms with Gasteiger partial charge >= 0.3 is 5.97 Å². The van der Waals surface area contributed by atoms with Crippen molar-refractivity contribution >= 4 is 11.7 Å². The van der Waals surface area contributed by atoms with E-state index >= 15 is 0 Å². The lowest BCUT2D eigenvalue weighted by atomic mass is 10.0. The molecule has 0 fully saturated rings. The zero-order valence-corrected chi connectivity index (χ0v) is 10.4. The van der Waals surface area contributed by atoms with E-state index in [-0.39, 0.29) is 6.61 Å². The van der Waals surface area contributed by atoms with Crippen LogP contribution in [-0.2, 0) is 9.53 Å². The molecule has 2 N–H and O–H groups in total. The Morgan fingerprint density at radius 3 is 2.59 bits per heavy atom.